The van der Waals surface area contributed by atoms with Gasteiger partial charge in [-0.2, -0.15) is 0 Å². The Kier molecular flexibility index (Phi) is 11.7. The normalized spacial score (nSPS) is 13.5. The Morgan fingerprint density at radius 1 is 0.938 bits per heavy atom. The number of amides is 3. The van der Waals surface area contributed by atoms with Crippen molar-refractivity contribution in [3.8, 4) is 5.75 Å². The summed E-state index contributed by atoms with van der Waals surface area (Å²) >= 11 is 0. The van der Waals surface area contributed by atoms with Gasteiger partial charge >= 0.3 is 5.97 Å². The van der Waals surface area contributed by atoms with Crippen LogP contribution in [0.15, 0.2) is 24.3 Å². The predicted molar refractivity (Wildman–Crippen MR) is 114 cm³/mol. The van der Waals surface area contributed by atoms with E-state index in [9.17, 15) is 29.4 Å². The number of aromatic hydroxyl groups is 1. The Balaban J connectivity index is 2.83. The van der Waals surface area contributed by atoms with E-state index in [0.717, 1.165) is 0 Å². The number of phenolic OH excluding ortho intramolecular Hbond substituents is 1. The van der Waals surface area contributed by atoms with Gasteiger partial charge in [0.1, 0.15) is 24.4 Å². The summed E-state index contributed by atoms with van der Waals surface area (Å²) in [6, 6.07) is 2.40. The van der Waals surface area contributed by atoms with E-state index in [1.54, 1.807) is 0 Å². The maximum absolute atomic E-state index is 12.6. The molecular formula is C20H31N5O7. The van der Waals surface area contributed by atoms with Crippen LogP contribution < -0.4 is 27.4 Å². The third kappa shape index (κ3) is 9.73. The smallest absolute Gasteiger partial charge is 0.322 e. The fraction of sp³-hybridized carbons (Fsp3) is 0.500. The number of hydrogen-bond acceptors (Lipinski definition) is 8. The maximum Gasteiger partial charge on any atom is 0.322 e. The Hall–Kier alpha value is -3.22. The topological polar surface area (TPSA) is 217 Å². The fourth-order valence-corrected chi connectivity index (χ4v) is 2.75. The van der Waals surface area contributed by atoms with Crippen LogP contribution in [0.5, 0.6) is 5.75 Å². The monoisotopic (exact) mass is 453 g/mol. The highest BCUT2D eigenvalue weighted by Crippen LogP contribution is 2.11. The molecule has 0 fully saturated rings. The molecule has 3 unspecified atom stereocenters. The molecule has 32 heavy (non-hydrogen) atoms. The van der Waals surface area contributed by atoms with Crippen molar-refractivity contribution in [2.45, 2.75) is 43.8 Å². The SMILES string of the molecule is NCCCCC(N)C(=O)NC(CO)C(=O)NC(Cc1ccc(O)cc1)C(=O)NCC(=O)O. The van der Waals surface area contributed by atoms with E-state index in [1.807, 2.05) is 0 Å². The molecule has 0 aromatic heterocycles. The molecule has 1 aromatic rings. The van der Waals surface area contributed by atoms with Gasteiger partial charge in [0, 0.05) is 6.42 Å². The molecule has 178 valence electrons. The zero-order valence-electron chi connectivity index (χ0n) is 17.6. The van der Waals surface area contributed by atoms with Gasteiger partial charge in [-0.3, -0.25) is 19.2 Å². The van der Waals surface area contributed by atoms with Gasteiger partial charge in [0.15, 0.2) is 0 Å². The second-order valence-electron chi connectivity index (χ2n) is 7.18. The molecule has 12 heteroatoms. The van der Waals surface area contributed by atoms with E-state index in [4.69, 9.17) is 16.6 Å². The molecule has 3 amide bonds. The van der Waals surface area contributed by atoms with E-state index in [-0.39, 0.29) is 12.2 Å². The molecule has 0 aliphatic rings. The van der Waals surface area contributed by atoms with Crippen molar-refractivity contribution in [2.75, 3.05) is 19.7 Å². The molecule has 0 saturated heterocycles. The number of aliphatic hydroxyl groups excluding tert-OH is 1. The molecule has 0 bridgehead atoms. The van der Waals surface area contributed by atoms with Gasteiger partial charge in [0.05, 0.1) is 12.6 Å². The molecule has 0 heterocycles. The quantitative estimate of drug-likeness (QED) is 0.140. The molecular weight excluding hydrogens is 422 g/mol. The number of benzene rings is 1. The lowest BCUT2D eigenvalue weighted by Gasteiger charge is -2.23. The molecule has 0 saturated carbocycles. The summed E-state index contributed by atoms with van der Waals surface area (Å²) in [5.74, 6) is -3.51. The molecule has 0 aliphatic heterocycles. The average Bonchev–Trinajstić information content (AvgIpc) is 2.76. The number of carboxylic acids is 1. The van der Waals surface area contributed by atoms with Crippen LogP contribution in [0.1, 0.15) is 24.8 Å². The zero-order chi connectivity index (χ0) is 24.1. The first kappa shape index (κ1) is 26.8. The second kappa shape index (κ2) is 14.0. The molecule has 10 N–H and O–H groups in total. The number of rotatable bonds is 14. The van der Waals surface area contributed by atoms with Crippen LogP contribution in [0.4, 0.5) is 0 Å². The van der Waals surface area contributed by atoms with Crippen LogP contribution in [0.25, 0.3) is 0 Å². The summed E-state index contributed by atoms with van der Waals surface area (Å²) in [6.07, 6.45) is 1.64. The van der Waals surface area contributed by atoms with Crippen molar-refractivity contribution >= 4 is 23.7 Å². The van der Waals surface area contributed by atoms with E-state index >= 15 is 0 Å². The van der Waals surface area contributed by atoms with Gasteiger partial charge in [-0.1, -0.05) is 18.6 Å². The van der Waals surface area contributed by atoms with Gasteiger partial charge in [-0.15, -0.1) is 0 Å². The third-order valence-corrected chi connectivity index (χ3v) is 4.54. The highest BCUT2D eigenvalue weighted by Gasteiger charge is 2.28. The maximum atomic E-state index is 12.6. The van der Waals surface area contributed by atoms with Crippen molar-refractivity contribution in [3.63, 3.8) is 0 Å². The summed E-state index contributed by atoms with van der Waals surface area (Å²) in [7, 11) is 0. The Labute approximate surface area is 185 Å². The van der Waals surface area contributed by atoms with E-state index < -0.39 is 55.0 Å². The number of phenols is 1. The lowest BCUT2D eigenvalue weighted by molar-refractivity contribution is -0.138. The molecule has 12 nitrogen and oxygen atoms in total. The summed E-state index contributed by atoms with van der Waals surface area (Å²) in [5.41, 5.74) is 11.8. The average molecular weight is 453 g/mol. The minimum Gasteiger partial charge on any atom is -0.508 e. The highest BCUT2D eigenvalue weighted by atomic mass is 16.4. The van der Waals surface area contributed by atoms with Gasteiger partial charge in [0.2, 0.25) is 17.7 Å². The van der Waals surface area contributed by atoms with Crippen molar-refractivity contribution in [3.05, 3.63) is 29.8 Å². The first-order valence-corrected chi connectivity index (χ1v) is 10.1. The summed E-state index contributed by atoms with van der Waals surface area (Å²) in [4.78, 5) is 48.0. The number of carbonyl (C=O) groups excluding carboxylic acids is 3. The lowest BCUT2D eigenvalue weighted by atomic mass is 10.0. The number of nitrogens with one attached hydrogen (secondary N) is 3. The molecule has 0 spiro atoms. The molecule has 3 atom stereocenters. The number of carbonyl (C=O) groups is 4. The minimum absolute atomic E-state index is 0.00974. The standard InChI is InChI=1S/C20H31N5O7/c21-8-2-1-3-14(22)18(30)25-16(11-26)20(32)24-15(19(31)23-10-17(28)29)9-12-4-6-13(27)7-5-12/h4-7,14-16,26-27H,1-3,8-11,21-22H2,(H,23,31)(H,24,32)(H,25,30)(H,28,29). The number of aliphatic hydroxyl groups is 1. The van der Waals surface area contributed by atoms with Crippen molar-refractivity contribution in [1.82, 2.24) is 16.0 Å². The van der Waals surface area contributed by atoms with Gasteiger partial charge in [-0.05, 0) is 37.1 Å². The number of aliphatic carboxylic acids is 1. The molecule has 1 rings (SSSR count). The van der Waals surface area contributed by atoms with E-state index in [0.29, 0.717) is 31.4 Å². The van der Waals surface area contributed by atoms with E-state index in [1.165, 1.54) is 24.3 Å². The summed E-state index contributed by atoms with van der Waals surface area (Å²) < 4.78 is 0. The van der Waals surface area contributed by atoms with Crippen molar-refractivity contribution < 1.29 is 34.5 Å². The third-order valence-electron chi connectivity index (χ3n) is 4.54. The fourth-order valence-electron chi connectivity index (χ4n) is 2.75. The number of nitrogens with two attached hydrogens (primary N) is 2. The van der Waals surface area contributed by atoms with Crippen LogP contribution in [0.3, 0.4) is 0 Å². The Morgan fingerprint density at radius 3 is 2.12 bits per heavy atom. The van der Waals surface area contributed by atoms with Crippen LogP contribution >= 0.6 is 0 Å². The largest absolute Gasteiger partial charge is 0.508 e. The van der Waals surface area contributed by atoms with Gasteiger partial charge < -0.3 is 42.7 Å². The first-order valence-electron chi connectivity index (χ1n) is 10.1. The molecule has 0 radical (unpaired) electrons. The lowest BCUT2D eigenvalue weighted by Crippen LogP contribution is -2.57. The van der Waals surface area contributed by atoms with Crippen molar-refractivity contribution in [2.24, 2.45) is 11.5 Å². The second-order valence-corrected chi connectivity index (χ2v) is 7.18. The number of unbranched alkanes of at least 4 members (excludes halogenated alkanes) is 1. The summed E-state index contributed by atoms with van der Waals surface area (Å²) in [6.45, 7) is -0.934. The van der Waals surface area contributed by atoms with Gasteiger partial charge in [0.25, 0.3) is 0 Å². The van der Waals surface area contributed by atoms with Crippen LogP contribution in [-0.4, -0.2) is 76.8 Å². The number of hydrogen-bond donors (Lipinski definition) is 8. The highest BCUT2D eigenvalue weighted by molar-refractivity contribution is 5.93. The van der Waals surface area contributed by atoms with Gasteiger partial charge in [-0.25, -0.2) is 0 Å². The summed E-state index contributed by atoms with van der Waals surface area (Å²) in [5, 5.41) is 34.7. The van der Waals surface area contributed by atoms with E-state index in [2.05, 4.69) is 16.0 Å². The van der Waals surface area contributed by atoms with Crippen LogP contribution in [0, 0.1) is 0 Å². The minimum atomic E-state index is -1.36. The van der Waals surface area contributed by atoms with Crippen molar-refractivity contribution in [1.29, 1.82) is 0 Å². The van der Waals surface area contributed by atoms with Crippen LogP contribution in [-0.2, 0) is 25.6 Å². The Bertz CT molecular complexity index is 772. The molecule has 1 aromatic carbocycles. The zero-order valence-corrected chi connectivity index (χ0v) is 17.6. The Morgan fingerprint density at radius 2 is 1.56 bits per heavy atom. The molecule has 0 aliphatic carbocycles. The predicted octanol–water partition coefficient (Wildman–Crippen LogP) is -2.45. The first-order chi connectivity index (χ1) is 15.2. The number of carboxylic acid groups (broad SMARTS) is 1. The van der Waals surface area contributed by atoms with Crippen LogP contribution in [0.2, 0.25) is 0 Å².